The Morgan fingerprint density at radius 2 is 1.86 bits per heavy atom. The summed E-state index contributed by atoms with van der Waals surface area (Å²) in [6.07, 6.45) is 0. The van der Waals surface area contributed by atoms with E-state index in [1.165, 1.54) is 0 Å². The molecule has 0 bridgehead atoms. The van der Waals surface area contributed by atoms with Crippen LogP contribution >= 0.6 is 22.9 Å². The lowest BCUT2D eigenvalue weighted by Gasteiger charge is -2.34. The predicted octanol–water partition coefficient (Wildman–Crippen LogP) is 3.07. The molecule has 1 aliphatic heterocycles. The lowest BCUT2D eigenvalue weighted by Crippen LogP contribution is -2.48. The molecule has 1 aromatic heterocycles. The van der Waals surface area contributed by atoms with Crippen LogP contribution in [-0.2, 0) is 0 Å². The van der Waals surface area contributed by atoms with Crippen molar-refractivity contribution in [1.82, 2.24) is 9.88 Å². The average molecular weight is 322 g/mol. The monoisotopic (exact) mass is 321 g/mol. The molecule has 3 rings (SSSR count). The second-order valence-corrected chi connectivity index (χ2v) is 6.33. The maximum Gasteiger partial charge on any atom is 0.253 e. The normalized spacial score (nSPS) is 15.3. The Kier molecular flexibility index (Phi) is 4.12. The summed E-state index contributed by atoms with van der Waals surface area (Å²) in [5, 5.41) is 3.75. The van der Waals surface area contributed by atoms with E-state index < -0.39 is 0 Å². The summed E-state index contributed by atoms with van der Waals surface area (Å²) in [5.41, 5.74) is 1.74. The second kappa shape index (κ2) is 6.03. The SMILES string of the molecule is Cc1csc(N2CCN(C(=O)c3ccc(Cl)cc3)CC2)n1. The molecule has 1 fully saturated rings. The van der Waals surface area contributed by atoms with Gasteiger partial charge in [-0.25, -0.2) is 4.98 Å². The van der Waals surface area contributed by atoms with Crippen molar-refractivity contribution in [3.05, 3.63) is 45.9 Å². The number of halogens is 1. The largest absolute Gasteiger partial charge is 0.345 e. The van der Waals surface area contributed by atoms with E-state index in [-0.39, 0.29) is 5.91 Å². The van der Waals surface area contributed by atoms with Crippen molar-refractivity contribution in [3.63, 3.8) is 0 Å². The van der Waals surface area contributed by atoms with E-state index in [0.29, 0.717) is 10.6 Å². The van der Waals surface area contributed by atoms with Crippen LogP contribution in [0.2, 0.25) is 5.02 Å². The summed E-state index contributed by atoms with van der Waals surface area (Å²) in [4.78, 5) is 21.0. The summed E-state index contributed by atoms with van der Waals surface area (Å²) < 4.78 is 0. The van der Waals surface area contributed by atoms with Crippen LogP contribution in [0.15, 0.2) is 29.6 Å². The molecule has 2 heterocycles. The van der Waals surface area contributed by atoms with E-state index in [1.807, 2.05) is 11.8 Å². The molecule has 1 amide bonds. The molecule has 2 aromatic rings. The van der Waals surface area contributed by atoms with Crippen molar-refractivity contribution in [2.75, 3.05) is 31.1 Å². The Hall–Kier alpha value is -1.59. The first-order chi connectivity index (χ1) is 10.1. The number of nitrogens with zero attached hydrogens (tertiary/aromatic N) is 3. The highest BCUT2D eigenvalue weighted by Crippen LogP contribution is 2.22. The fourth-order valence-corrected chi connectivity index (χ4v) is 3.35. The minimum atomic E-state index is 0.0710. The zero-order valence-corrected chi connectivity index (χ0v) is 13.3. The van der Waals surface area contributed by atoms with Gasteiger partial charge in [0.15, 0.2) is 5.13 Å². The Morgan fingerprint density at radius 3 is 2.43 bits per heavy atom. The van der Waals surface area contributed by atoms with Gasteiger partial charge in [-0.15, -0.1) is 11.3 Å². The Labute approximate surface area is 133 Å². The lowest BCUT2D eigenvalue weighted by molar-refractivity contribution is 0.0747. The third-order valence-electron chi connectivity index (χ3n) is 3.54. The van der Waals surface area contributed by atoms with Gasteiger partial charge in [0, 0.05) is 42.1 Å². The standard InChI is InChI=1S/C15H16ClN3OS/c1-11-10-21-15(17-11)19-8-6-18(7-9-19)14(20)12-2-4-13(16)5-3-12/h2-5,10H,6-9H2,1H3. The first-order valence-corrected chi connectivity index (χ1v) is 8.11. The van der Waals surface area contributed by atoms with Crippen LogP contribution in [0, 0.1) is 6.92 Å². The molecule has 110 valence electrons. The zero-order valence-electron chi connectivity index (χ0n) is 11.8. The van der Waals surface area contributed by atoms with Crippen LogP contribution < -0.4 is 4.90 Å². The van der Waals surface area contributed by atoms with Crippen molar-refractivity contribution in [1.29, 1.82) is 0 Å². The number of aryl methyl sites for hydroxylation is 1. The van der Waals surface area contributed by atoms with E-state index in [4.69, 9.17) is 11.6 Å². The topological polar surface area (TPSA) is 36.4 Å². The van der Waals surface area contributed by atoms with Crippen LogP contribution in [0.3, 0.4) is 0 Å². The molecule has 21 heavy (non-hydrogen) atoms. The van der Waals surface area contributed by atoms with Gasteiger partial charge in [-0.3, -0.25) is 4.79 Å². The van der Waals surface area contributed by atoms with E-state index in [9.17, 15) is 4.79 Å². The number of anilines is 1. The summed E-state index contributed by atoms with van der Waals surface area (Å²) in [5.74, 6) is 0.0710. The number of hydrogen-bond donors (Lipinski definition) is 0. The molecule has 6 heteroatoms. The molecule has 0 aliphatic carbocycles. The number of thiazole rings is 1. The summed E-state index contributed by atoms with van der Waals surface area (Å²) in [6.45, 7) is 5.10. The zero-order chi connectivity index (χ0) is 14.8. The highest BCUT2D eigenvalue weighted by molar-refractivity contribution is 7.13. The summed E-state index contributed by atoms with van der Waals surface area (Å²) in [7, 11) is 0. The summed E-state index contributed by atoms with van der Waals surface area (Å²) >= 11 is 7.51. The van der Waals surface area contributed by atoms with E-state index >= 15 is 0 Å². The molecular formula is C15H16ClN3OS. The van der Waals surface area contributed by atoms with E-state index in [0.717, 1.165) is 37.0 Å². The lowest BCUT2D eigenvalue weighted by atomic mass is 10.2. The van der Waals surface area contributed by atoms with Gasteiger partial charge in [0.1, 0.15) is 0 Å². The number of rotatable bonds is 2. The summed E-state index contributed by atoms with van der Waals surface area (Å²) in [6, 6.07) is 7.06. The van der Waals surface area contributed by atoms with Crippen molar-refractivity contribution >= 4 is 34.0 Å². The maximum absolute atomic E-state index is 12.4. The number of carbonyl (C=O) groups is 1. The molecule has 0 N–H and O–H groups in total. The third kappa shape index (κ3) is 3.19. The van der Waals surface area contributed by atoms with Crippen molar-refractivity contribution in [3.8, 4) is 0 Å². The van der Waals surface area contributed by atoms with Crippen molar-refractivity contribution in [2.45, 2.75) is 6.92 Å². The van der Waals surface area contributed by atoms with Gasteiger partial charge in [-0.05, 0) is 31.2 Å². The quantitative estimate of drug-likeness (QED) is 0.853. The molecule has 4 nitrogen and oxygen atoms in total. The van der Waals surface area contributed by atoms with Crippen LogP contribution in [0.5, 0.6) is 0 Å². The molecule has 0 radical (unpaired) electrons. The Bertz CT molecular complexity index is 633. The van der Waals surface area contributed by atoms with Gasteiger partial charge in [0.05, 0.1) is 5.69 Å². The van der Waals surface area contributed by atoms with Gasteiger partial charge in [0.2, 0.25) is 0 Å². The fraction of sp³-hybridized carbons (Fsp3) is 0.333. The Balaban J connectivity index is 1.63. The average Bonchev–Trinajstić information content (AvgIpc) is 2.94. The predicted molar refractivity (Wildman–Crippen MR) is 86.4 cm³/mol. The number of carbonyl (C=O) groups excluding carboxylic acids is 1. The number of piperazine rings is 1. The molecule has 1 saturated heterocycles. The fourth-order valence-electron chi connectivity index (χ4n) is 2.36. The van der Waals surface area contributed by atoms with Gasteiger partial charge >= 0.3 is 0 Å². The van der Waals surface area contributed by atoms with Crippen LogP contribution in [0.25, 0.3) is 0 Å². The highest BCUT2D eigenvalue weighted by atomic mass is 35.5. The third-order valence-corrected chi connectivity index (χ3v) is 4.81. The van der Waals surface area contributed by atoms with E-state index in [1.54, 1.807) is 35.6 Å². The van der Waals surface area contributed by atoms with Crippen LogP contribution in [0.4, 0.5) is 5.13 Å². The van der Waals surface area contributed by atoms with Gasteiger partial charge < -0.3 is 9.80 Å². The first kappa shape index (κ1) is 14.4. The van der Waals surface area contributed by atoms with Crippen molar-refractivity contribution < 1.29 is 4.79 Å². The molecule has 1 aliphatic rings. The Morgan fingerprint density at radius 1 is 1.19 bits per heavy atom. The van der Waals surface area contributed by atoms with Crippen molar-refractivity contribution in [2.24, 2.45) is 0 Å². The van der Waals surface area contributed by atoms with Gasteiger partial charge in [-0.1, -0.05) is 11.6 Å². The van der Waals surface area contributed by atoms with E-state index in [2.05, 4.69) is 15.3 Å². The minimum absolute atomic E-state index is 0.0710. The van der Waals surface area contributed by atoms with Gasteiger partial charge in [0.25, 0.3) is 5.91 Å². The van der Waals surface area contributed by atoms with Gasteiger partial charge in [-0.2, -0.15) is 0 Å². The molecule has 1 aromatic carbocycles. The number of benzene rings is 1. The number of amides is 1. The maximum atomic E-state index is 12.4. The van der Waals surface area contributed by atoms with Crippen LogP contribution in [-0.4, -0.2) is 42.0 Å². The second-order valence-electron chi connectivity index (χ2n) is 5.06. The molecule has 0 atom stereocenters. The smallest absolute Gasteiger partial charge is 0.253 e. The molecule has 0 unspecified atom stereocenters. The molecular weight excluding hydrogens is 306 g/mol. The molecule has 0 saturated carbocycles. The molecule has 0 spiro atoms. The minimum Gasteiger partial charge on any atom is -0.345 e. The number of hydrogen-bond acceptors (Lipinski definition) is 4. The highest BCUT2D eigenvalue weighted by Gasteiger charge is 2.23. The first-order valence-electron chi connectivity index (χ1n) is 6.85. The number of aromatic nitrogens is 1. The van der Waals surface area contributed by atoms with Crippen LogP contribution in [0.1, 0.15) is 16.1 Å².